The summed E-state index contributed by atoms with van der Waals surface area (Å²) in [7, 11) is 0. The summed E-state index contributed by atoms with van der Waals surface area (Å²) in [5.41, 5.74) is 0.0186. The van der Waals surface area contributed by atoms with Crippen molar-refractivity contribution in [2.75, 3.05) is 19.6 Å². The molecule has 3 nitrogen and oxygen atoms in total. The summed E-state index contributed by atoms with van der Waals surface area (Å²) >= 11 is 0. The molecular formula is C22H21F7N2O. The number of likely N-dealkylation sites (tertiary alicyclic amines) is 1. The third-order valence-corrected chi connectivity index (χ3v) is 6.06. The first kappa shape index (κ1) is 22.8. The quantitative estimate of drug-likeness (QED) is 0.572. The van der Waals surface area contributed by atoms with Crippen LogP contribution in [-0.2, 0) is 19.3 Å². The second kappa shape index (κ2) is 8.55. The standard InChI is InChI=1S/C22H21F7N2O/c23-20-6-3-14(7-19(20)21(24,25)26)8-30-9-16-17-11-31(12-18(16)17)10-13-1-4-15(5-2-13)32-22(27,28)29/h1-7,16-18,30H,8-12H2. The van der Waals surface area contributed by atoms with E-state index >= 15 is 0 Å². The molecule has 1 saturated heterocycles. The van der Waals surface area contributed by atoms with Crippen LogP contribution in [0.2, 0.25) is 0 Å². The number of ether oxygens (including phenoxy) is 1. The second-order valence-corrected chi connectivity index (χ2v) is 8.32. The van der Waals surface area contributed by atoms with Crippen LogP contribution < -0.4 is 10.1 Å². The van der Waals surface area contributed by atoms with Gasteiger partial charge < -0.3 is 10.1 Å². The summed E-state index contributed by atoms with van der Waals surface area (Å²) < 4.78 is 92.3. The van der Waals surface area contributed by atoms with Gasteiger partial charge in [0.05, 0.1) is 5.56 Å². The molecule has 1 aliphatic carbocycles. The van der Waals surface area contributed by atoms with Crippen LogP contribution in [0.4, 0.5) is 30.7 Å². The molecule has 1 N–H and O–H groups in total. The van der Waals surface area contributed by atoms with Gasteiger partial charge in [0.2, 0.25) is 0 Å². The molecule has 32 heavy (non-hydrogen) atoms. The number of nitrogens with zero attached hydrogens (tertiary/aromatic N) is 1. The fraction of sp³-hybridized carbons (Fsp3) is 0.455. The largest absolute Gasteiger partial charge is 0.573 e. The highest BCUT2D eigenvalue weighted by molar-refractivity contribution is 5.28. The molecule has 2 aromatic carbocycles. The Labute approximate surface area is 180 Å². The van der Waals surface area contributed by atoms with Crippen LogP contribution in [0, 0.1) is 23.6 Å². The van der Waals surface area contributed by atoms with E-state index in [2.05, 4.69) is 15.0 Å². The normalized spacial score (nSPS) is 23.3. The summed E-state index contributed by atoms with van der Waals surface area (Å²) in [4.78, 5) is 2.24. The first-order valence-electron chi connectivity index (χ1n) is 10.1. The van der Waals surface area contributed by atoms with Crippen molar-refractivity contribution in [2.45, 2.75) is 25.6 Å². The number of benzene rings is 2. The van der Waals surface area contributed by atoms with Gasteiger partial charge in [-0.1, -0.05) is 18.2 Å². The Kier molecular flexibility index (Phi) is 6.10. The van der Waals surface area contributed by atoms with Gasteiger partial charge in [0.1, 0.15) is 11.6 Å². The highest BCUT2D eigenvalue weighted by Crippen LogP contribution is 2.51. The number of alkyl halides is 6. The van der Waals surface area contributed by atoms with Gasteiger partial charge >= 0.3 is 12.5 Å². The lowest BCUT2D eigenvalue weighted by molar-refractivity contribution is -0.274. The van der Waals surface area contributed by atoms with Gasteiger partial charge in [-0.05, 0) is 59.7 Å². The first-order valence-corrected chi connectivity index (χ1v) is 10.1. The Morgan fingerprint density at radius 2 is 1.53 bits per heavy atom. The van der Waals surface area contributed by atoms with Gasteiger partial charge in [0.25, 0.3) is 0 Å². The molecule has 0 spiro atoms. The molecule has 4 rings (SSSR count). The molecule has 2 aromatic rings. The van der Waals surface area contributed by atoms with Crippen molar-refractivity contribution < 1.29 is 35.5 Å². The summed E-state index contributed by atoms with van der Waals surface area (Å²) in [6.45, 7) is 3.27. The van der Waals surface area contributed by atoms with Crippen molar-refractivity contribution >= 4 is 0 Å². The van der Waals surface area contributed by atoms with Crippen molar-refractivity contribution in [1.29, 1.82) is 0 Å². The van der Waals surface area contributed by atoms with Gasteiger partial charge in [0, 0.05) is 26.2 Å². The molecule has 2 unspecified atom stereocenters. The number of fused-ring (bicyclic) bond motifs is 1. The van der Waals surface area contributed by atoms with Gasteiger partial charge in [-0.2, -0.15) is 13.2 Å². The molecule has 0 radical (unpaired) electrons. The summed E-state index contributed by atoms with van der Waals surface area (Å²) in [5, 5.41) is 3.17. The predicted octanol–water partition coefficient (Wildman–Crippen LogP) is 5.21. The van der Waals surface area contributed by atoms with Crippen LogP contribution in [0.25, 0.3) is 0 Å². The highest BCUT2D eigenvalue weighted by Gasteiger charge is 2.54. The minimum atomic E-state index is -4.72. The number of piperidine rings is 1. The Morgan fingerprint density at radius 3 is 2.12 bits per heavy atom. The van der Waals surface area contributed by atoms with E-state index < -0.39 is 23.9 Å². The predicted molar refractivity (Wildman–Crippen MR) is 102 cm³/mol. The molecule has 10 heteroatoms. The monoisotopic (exact) mass is 462 g/mol. The van der Waals surface area contributed by atoms with E-state index in [1.165, 1.54) is 18.2 Å². The van der Waals surface area contributed by atoms with Crippen molar-refractivity contribution in [1.82, 2.24) is 10.2 Å². The van der Waals surface area contributed by atoms with Crippen LogP contribution in [0.5, 0.6) is 5.75 Å². The fourth-order valence-corrected chi connectivity index (χ4v) is 4.51. The van der Waals surface area contributed by atoms with Crippen molar-refractivity contribution in [3.05, 3.63) is 65.0 Å². The third kappa shape index (κ3) is 5.53. The van der Waals surface area contributed by atoms with E-state index in [9.17, 15) is 30.7 Å². The van der Waals surface area contributed by atoms with Crippen LogP contribution in [0.15, 0.2) is 42.5 Å². The molecule has 2 aliphatic rings. The highest BCUT2D eigenvalue weighted by atomic mass is 19.4. The van der Waals surface area contributed by atoms with Gasteiger partial charge in [-0.15, -0.1) is 13.2 Å². The van der Waals surface area contributed by atoms with Crippen molar-refractivity contribution in [3.63, 3.8) is 0 Å². The van der Waals surface area contributed by atoms with E-state index in [4.69, 9.17) is 0 Å². The minimum Gasteiger partial charge on any atom is -0.406 e. The van der Waals surface area contributed by atoms with Crippen LogP contribution in [0.1, 0.15) is 16.7 Å². The Balaban J connectivity index is 1.20. The molecule has 1 saturated carbocycles. The zero-order valence-electron chi connectivity index (χ0n) is 16.8. The number of hydrogen-bond acceptors (Lipinski definition) is 3. The lowest BCUT2D eigenvalue weighted by Gasteiger charge is -2.20. The van der Waals surface area contributed by atoms with E-state index in [1.807, 2.05) is 0 Å². The summed E-state index contributed by atoms with van der Waals surface area (Å²) in [6.07, 6.45) is -9.43. The number of hydrogen-bond donors (Lipinski definition) is 1. The molecule has 2 atom stereocenters. The van der Waals surface area contributed by atoms with Crippen LogP contribution in [0.3, 0.4) is 0 Å². The SMILES string of the molecule is Fc1ccc(CNCC2C3CN(Cc4ccc(OC(F)(F)F)cc4)CC23)cc1C(F)(F)F. The summed E-state index contributed by atoms with van der Waals surface area (Å²) in [5.74, 6) is -0.0966. The van der Waals surface area contributed by atoms with E-state index in [0.717, 1.165) is 30.8 Å². The van der Waals surface area contributed by atoms with Crippen LogP contribution in [-0.4, -0.2) is 30.9 Å². The summed E-state index contributed by atoms with van der Waals surface area (Å²) in [6, 6.07) is 8.84. The average Bonchev–Trinajstić information content (AvgIpc) is 3.13. The zero-order valence-corrected chi connectivity index (χ0v) is 16.8. The van der Waals surface area contributed by atoms with E-state index in [-0.39, 0.29) is 12.3 Å². The number of rotatable bonds is 7. The van der Waals surface area contributed by atoms with Gasteiger partial charge in [-0.3, -0.25) is 4.90 Å². The van der Waals surface area contributed by atoms with E-state index in [0.29, 0.717) is 36.4 Å². The smallest absolute Gasteiger partial charge is 0.406 e. The molecule has 0 amide bonds. The van der Waals surface area contributed by atoms with E-state index in [1.54, 1.807) is 12.1 Å². The van der Waals surface area contributed by atoms with Gasteiger partial charge in [0.15, 0.2) is 0 Å². The average molecular weight is 462 g/mol. The topological polar surface area (TPSA) is 24.5 Å². The lowest BCUT2D eigenvalue weighted by atomic mass is 10.1. The second-order valence-electron chi connectivity index (χ2n) is 8.32. The minimum absolute atomic E-state index is 0.232. The number of nitrogens with one attached hydrogen (secondary N) is 1. The molecule has 174 valence electrons. The van der Waals surface area contributed by atoms with Crippen LogP contribution >= 0.6 is 0 Å². The Morgan fingerprint density at radius 1 is 0.906 bits per heavy atom. The molecule has 1 aliphatic heterocycles. The lowest BCUT2D eigenvalue weighted by Crippen LogP contribution is -2.27. The maximum absolute atomic E-state index is 13.4. The maximum Gasteiger partial charge on any atom is 0.573 e. The third-order valence-electron chi connectivity index (χ3n) is 6.06. The zero-order chi connectivity index (χ0) is 23.1. The molecule has 0 aromatic heterocycles. The molecule has 1 heterocycles. The Bertz CT molecular complexity index is 931. The molecule has 0 bridgehead atoms. The van der Waals surface area contributed by atoms with Crippen molar-refractivity contribution in [3.8, 4) is 5.75 Å². The molecular weight excluding hydrogens is 441 g/mol. The maximum atomic E-state index is 13.4. The first-order chi connectivity index (χ1) is 15.0. The fourth-order valence-electron chi connectivity index (χ4n) is 4.51. The van der Waals surface area contributed by atoms with Crippen molar-refractivity contribution in [2.24, 2.45) is 17.8 Å². The number of halogens is 7. The Hall–Kier alpha value is -2.33. The van der Waals surface area contributed by atoms with Gasteiger partial charge in [-0.25, -0.2) is 4.39 Å². The molecule has 2 fully saturated rings.